The summed E-state index contributed by atoms with van der Waals surface area (Å²) < 4.78 is 0. The summed E-state index contributed by atoms with van der Waals surface area (Å²) in [6.45, 7) is 0. The van der Waals surface area contributed by atoms with E-state index in [2.05, 4.69) is 157 Å². The number of fused-ring (bicyclic) bond motifs is 1. The van der Waals surface area contributed by atoms with Crippen molar-refractivity contribution in [2.75, 3.05) is 4.90 Å². The Balaban J connectivity index is 1.40. The molecular formula is C34H25N. The Morgan fingerprint density at radius 2 is 0.886 bits per heavy atom. The van der Waals surface area contributed by atoms with Crippen molar-refractivity contribution in [3.63, 3.8) is 0 Å². The normalized spacial score (nSPS) is 10.9. The maximum absolute atomic E-state index is 2.32. The van der Waals surface area contributed by atoms with Crippen molar-refractivity contribution in [2.24, 2.45) is 0 Å². The van der Waals surface area contributed by atoms with Gasteiger partial charge in [-0.1, -0.05) is 109 Å². The lowest BCUT2D eigenvalue weighted by Gasteiger charge is -2.25. The number of nitrogens with zero attached hydrogens (tertiary/aromatic N) is 1. The minimum absolute atomic E-state index is 1.14. The van der Waals surface area contributed by atoms with Gasteiger partial charge >= 0.3 is 0 Å². The molecule has 0 aliphatic heterocycles. The summed E-state index contributed by atoms with van der Waals surface area (Å²) in [7, 11) is 0. The van der Waals surface area contributed by atoms with Crippen LogP contribution < -0.4 is 4.90 Å². The molecule has 6 aromatic rings. The maximum atomic E-state index is 2.32. The number of hydrogen-bond donors (Lipinski definition) is 0. The highest BCUT2D eigenvalue weighted by Gasteiger charge is 2.12. The van der Waals surface area contributed by atoms with Crippen molar-refractivity contribution in [3.05, 3.63) is 152 Å². The number of benzene rings is 6. The van der Waals surface area contributed by atoms with E-state index in [1.807, 2.05) is 0 Å². The molecule has 0 N–H and O–H groups in total. The summed E-state index contributed by atoms with van der Waals surface area (Å²) in [5.41, 5.74) is 8.36. The van der Waals surface area contributed by atoms with Crippen molar-refractivity contribution in [1.29, 1.82) is 0 Å². The van der Waals surface area contributed by atoms with E-state index in [1.54, 1.807) is 0 Å². The predicted molar refractivity (Wildman–Crippen MR) is 150 cm³/mol. The third-order valence-electron chi connectivity index (χ3n) is 6.45. The Morgan fingerprint density at radius 1 is 0.343 bits per heavy atom. The Kier molecular flexibility index (Phi) is 5.58. The topological polar surface area (TPSA) is 3.24 Å². The SMILES string of the molecule is c1ccc(-c2cccc3ccc(-c4ccc(N(c5ccccc5)c5ccccc5)cc4)cc23)cc1. The van der Waals surface area contributed by atoms with Crippen LogP contribution in [-0.2, 0) is 0 Å². The van der Waals surface area contributed by atoms with Gasteiger partial charge in [0.2, 0.25) is 0 Å². The molecule has 0 fully saturated rings. The zero-order chi connectivity index (χ0) is 23.5. The molecule has 1 heteroatoms. The molecule has 6 aromatic carbocycles. The third-order valence-corrected chi connectivity index (χ3v) is 6.45. The van der Waals surface area contributed by atoms with E-state index in [9.17, 15) is 0 Å². The predicted octanol–water partition coefficient (Wildman–Crippen LogP) is 9.64. The molecule has 0 aliphatic rings. The van der Waals surface area contributed by atoms with Crippen molar-refractivity contribution in [1.82, 2.24) is 0 Å². The van der Waals surface area contributed by atoms with Gasteiger partial charge in [-0.25, -0.2) is 0 Å². The van der Waals surface area contributed by atoms with Crippen LogP contribution in [0.5, 0.6) is 0 Å². The van der Waals surface area contributed by atoms with Crippen LogP contribution in [0.1, 0.15) is 0 Å². The molecule has 166 valence electrons. The fourth-order valence-corrected chi connectivity index (χ4v) is 4.73. The molecule has 0 unspecified atom stereocenters. The molecule has 0 spiro atoms. The summed E-state index contributed by atoms with van der Waals surface area (Å²) in [5, 5.41) is 2.53. The maximum Gasteiger partial charge on any atom is 0.0462 e. The Bertz CT molecular complexity index is 1510. The molecule has 0 amide bonds. The molecule has 6 rings (SSSR count). The van der Waals surface area contributed by atoms with E-state index in [0.29, 0.717) is 0 Å². The standard InChI is InChI=1S/C34H25N/c1-4-11-27(12-5-1)33-18-10-13-28-19-20-29(25-34(28)33)26-21-23-32(24-22-26)35(30-14-6-2-7-15-30)31-16-8-3-9-17-31/h1-25H. The van der Waals surface area contributed by atoms with Gasteiger partial charge in [-0.05, 0) is 75.5 Å². The van der Waals surface area contributed by atoms with Crippen LogP contribution in [-0.4, -0.2) is 0 Å². The summed E-state index contributed by atoms with van der Waals surface area (Å²) in [6.07, 6.45) is 0. The second-order valence-corrected chi connectivity index (χ2v) is 8.66. The van der Waals surface area contributed by atoms with Gasteiger partial charge in [0.1, 0.15) is 0 Å². The summed E-state index contributed by atoms with van der Waals surface area (Å²) >= 11 is 0. The second-order valence-electron chi connectivity index (χ2n) is 8.66. The zero-order valence-corrected chi connectivity index (χ0v) is 19.4. The van der Waals surface area contributed by atoms with Crippen molar-refractivity contribution < 1.29 is 0 Å². The van der Waals surface area contributed by atoms with Crippen LogP contribution in [0.25, 0.3) is 33.0 Å². The highest BCUT2D eigenvalue weighted by Crippen LogP contribution is 2.36. The number of para-hydroxylation sites is 2. The fraction of sp³-hybridized carbons (Fsp3) is 0. The van der Waals surface area contributed by atoms with E-state index in [1.165, 1.54) is 33.0 Å². The van der Waals surface area contributed by atoms with Gasteiger partial charge in [0.15, 0.2) is 0 Å². The minimum atomic E-state index is 1.14. The average molecular weight is 448 g/mol. The van der Waals surface area contributed by atoms with Crippen LogP contribution in [0.4, 0.5) is 17.1 Å². The van der Waals surface area contributed by atoms with E-state index in [4.69, 9.17) is 0 Å². The first kappa shape index (κ1) is 20.9. The van der Waals surface area contributed by atoms with Crippen molar-refractivity contribution in [3.8, 4) is 22.3 Å². The van der Waals surface area contributed by atoms with Crippen LogP contribution in [0.3, 0.4) is 0 Å². The molecule has 35 heavy (non-hydrogen) atoms. The van der Waals surface area contributed by atoms with E-state index in [0.717, 1.165) is 17.1 Å². The molecule has 1 nitrogen and oxygen atoms in total. The number of hydrogen-bond acceptors (Lipinski definition) is 1. The molecule has 0 saturated heterocycles. The average Bonchev–Trinajstić information content (AvgIpc) is 2.95. The van der Waals surface area contributed by atoms with Gasteiger partial charge in [0, 0.05) is 17.1 Å². The van der Waals surface area contributed by atoms with Gasteiger partial charge < -0.3 is 4.90 Å². The second kappa shape index (κ2) is 9.32. The van der Waals surface area contributed by atoms with E-state index in [-0.39, 0.29) is 0 Å². The molecule has 0 saturated carbocycles. The van der Waals surface area contributed by atoms with Gasteiger partial charge in [-0.2, -0.15) is 0 Å². The lowest BCUT2D eigenvalue weighted by molar-refractivity contribution is 1.28. The van der Waals surface area contributed by atoms with Gasteiger partial charge in [-0.15, -0.1) is 0 Å². The summed E-state index contributed by atoms with van der Waals surface area (Å²) in [5.74, 6) is 0. The quantitative estimate of drug-likeness (QED) is 0.254. The molecular weight excluding hydrogens is 422 g/mol. The molecule has 0 aliphatic carbocycles. The fourth-order valence-electron chi connectivity index (χ4n) is 4.73. The lowest BCUT2D eigenvalue weighted by atomic mass is 9.95. The Labute approximate surface area is 206 Å². The van der Waals surface area contributed by atoms with Crippen LogP contribution >= 0.6 is 0 Å². The summed E-state index contributed by atoms with van der Waals surface area (Å²) in [4.78, 5) is 2.29. The van der Waals surface area contributed by atoms with Crippen molar-refractivity contribution >= 4 is 27.8 Å². The first-order chi connectivity index (χ1) is 17.4. The highest BCUT2D eigenvalue weighted by atomic mass is 15.1. The van der Waals surface area contributed by atoms with Gasteiger partial charge in [0.25, 0.3) is 0 Å². The van der Waals surface area contributed by atoms with Gasteiger partial charge in [0.05, 0.1) is 0 Å². The minimum Gasteiger partial charge on any atom is -0.311 e. The van der Waals surface area contributed by atoms with Crippen LogP contribution in [0, 0.1) is 0 Å². The van der Waals surface area contributed by atoms with Gasteiger partial charge in [-0.3, -0.25) is 0 Å². The largest absolute Gasteiger partial charge is 0.311 e. The zero-order valence-electron chi connectivity index (χ0n) is 19.4. The monoisotopic (exact) mass is 447 g/mol. The lowest BCUT2D eigenvalue weighted by Crippen LogP contribution is -2.09. The first-order valence-corrected chi connectivity index (χ1v) is 12.0. The molecule has 0 atom stereocenters. The van der Waals surface area contributed by atoms with Crippen LogP contribution in [0.15, 0.2) is 152 Å². The Morgan fingerprint density at radius 3 is 1.51 bits per heavy atom. The van der Waals surface area contributed by atoms with E-state index >= 15 is 0 Å². The van der Waals surface area contributed by atoms with Crippen LogP contribution in [0.2, 0.25) is 0 Å². The molecule has 0 radical (unpaired) electrons. The highest BCUT2D eigenvalue weighted by molar-refractivity contribution is 5.99. The molecule has 0 heterocycles. The van der Waals surface area contributed by atoms with E-state index < -0.39 is 0 Å². The third kappa shape index (κ3) is 4.20. The first-order valence-electron chi connectivity index (χ1n) is 12.0. The Hall–Kier alpha value is -4.62. The number of rotatable bonds is 5. The summed E-state index contributed by atoms with van der Waals surface area (Å²) in [6, 6.07) is 53.8. The number of anilines is 3. The molecule has 0 aromatic heterocycles. The van der Waals surface area contributed by atoms with Crippen molar-refractivity contribution in [2.45, 2.75) is 0 Å². The smallest absolute Gasteiger partial charge is 0.0462 e. The molecule has 0 bridgehead atoms.